The molecule has 0 atom stereocenters. The molecule has 4 aromatic rings. The molecule has 1 amide bonds. The molecule has 2 N–H and O–H groups in total. The number of carbonyl (C=O) groups excluding carboxylic acids is 1. The molecule has 0 aliphatic rings. The molecule has 9 heteroatoms. The van der Waals surface area contributed by atoms with Crippen LogP contribution in [-0.4, -0.2) is 27.9 Å². The van der Waals surface area contributed by atoms with E-state index in [-0.39, 0.29) is 5.91 Å². The van der Waals surface area contributed by atoms with E-state index >= 15 is 0 Å². The van der Waals surface area contributed by atoms with Crippen molar-refractivity contribution in [3.63, 3.8) is 0 Å². The maximum atomic E-state index is 11.6. The molecule has 4 rings (SSSR count). The van der Waals surface area contributed by atoms with E-state index in [0.29, 0.717) is 40.7 Å². The van der Waals surface area contributed by atoms with Crippen molar-refractivity contribution in [2.45, 2.75) is 6.61 Å². The Morgan fingerprint density at radius 1 is 1.06 bits per heavy atom. The fraction of sp³-hybridized carbons (Fsp3) is 0.0769. The molecule has 8 nitrogen and oxygen atoms in total. The van der Waals surface area contributed by atoms with Gasteiger partial charge in [-0.3, -0.25) is 4.79 Å². The van der Waals surface area contributed by atoms with Crippen LogP contribution in [0.25, 0.3) is 0 Å². The summed E-state index contributed by atoms with van der Waals surface area (Å²) >= 11 is 6.42. The van der Waals surface area contributed by atoms with Gasteiger partial charge in [-0.25, -0.2) is 9.97 Å². The van der Waals surface area contributed by atoms with Gasteiger partial charge < -0.3 is 20.3 Å². The Balaban J connectivity index is 1.44. The highest BCUT2D eigenvalue weighted by Gasteiger charge is 2.11. The predicted molar refractivity (Wildman–Crippen MR) is 139 cm³/mol. The SMILES string of the molecule is C=CC(=O)Nc1cccc(N(C)c2ncnc(Nc3ccc(OCc4ccccc4)c(Cl)c3)n2)c1. The highest BCUT2D eigenvalue weighted by molar-refractivity contribution is 6.32. The number of hydrogen-bond acceptors (Lipinski definition) is 7. The lowest BCUT2D eigenvalue weighted by Crippen LogP contribution is -2.15. The van der Waals surface area contributed by atoms with Crippen molar-refractivity contribution < 1.29 is 9.53 Å². The molecule has 0 spiro atoms. The number of hydrogen-bond donors (Lipinski definition) is 2. The first-order chi connectivity index (χ1) is 17.0. The zero-order valence-electron chi connectivity index (χ0n) is 19.0. The first kappa shape index (κ1) is 23.7. The van der Waals surface area contributed by atoms with E-state index in [0.717, 1.165) is 11.3 Å². The van der Waals surface area contributed by atoms with Crippen molar-refractivity contribution in [1.29, 1.82) is 0 Å². The zero-order chi connectivity index (χ0) is 24.6. The van der Waals surface area contributed by atoms with E-state index in [4.69, 9.17) is 16.3 Å². The molecule has 0 fully saturated rings. The van der Waals surface area contributed by atoms with Gasteiger partial charge in [0.15, 0.2) is 0 Å². The summed E-state index contributed by atoms with van der Waals surface area (Å²) in [5.41, 5.74) is 3.18. The number of nitrogens with zero attached hydrogens (tertiary/aromatic N) is 4. The average Bonchev–Trinajstić information content (AvgIpc) is 2.88. The number of nitrogens with one attached hydrogen (secondary N) is 2. The Labute approximate surface area is 208 Å². The van der Waals surface area contributed by atoms with E-state index in [1.807, 2.05) is 61.6 Å². The second kappa shape index (κ2) is 11.1. The fourth-order valence-corrected chi connectivity index (χ4v) is 3.41. The zero-order valence-corrected chi connectivity index (χ0v) is 19.7. The number of rotatable bonds is 9. The van der Waals surface area contributed by atoms with Crippen LogP contribution in [-0.2, 0) is 11.4 Å². The summed E-state index contributed by atoms with van der Waals surface area (Å²) in [6.07, 6.45) is 2.64. The number of carbonyl (C=O) groups is 1. The van der Waals surface area contributed by atoms with Gasteiger partial charge in [0.05, 0.1) is 5.02 Å². The fourth-order valence-electron chi connectivity index (χ4n) is 3.17. The Bertz CT molecular complexity index is 1330. The molecule has 0 bridgehead atoms. The third kappa shape index (κ3) is 6.33. The minimum Gasteiger partial charge on any atom is -0.487 e. The van der Waals surface area contributed by atoms with Crippen molar-refractivity contribution in [3.05, 3.63) is 102 Å². The van der Waals surface area contributed by atoms with Crippen LogP contribution in [0.5, 0.6) is 5.75 Å². The Hall–Kier alpha value is -4.43. The highest BCUT2D eigenvalue weighted by atomic mass is 35.5. The maximum Gasteiger partial charge on any atom is 0.247 e. The molecule has 176 valence electrons. The van der Waals surface area contributed by atoms with E-state index in [2.05, 4.69) is 32.2 Å². The van der Waals surface area contributed by atoms with E-state index in [9.17, 15) is 4.79 Å². The van der Waals surface area contributed by atoms with Gasteiger partial charge in [-0.1, -0.05) is 54.6 Å². The number of ether oxygens (including phenoxy) is 1. The molecule has 0 aliphatic heterocycles. The predicted octanol–water partition coefficient (Wildman–Crippen LogP) is 5.74. The van der Waals surface area contributed by atoms with Crippen LogP contribution in [0, 0.1) is 0 Å². The lowest BCUT2D eigenvalue weighted by molar-refractivity contribution is -0.111. The van der Waals surface area contributed by atoms with Gasteiger partial charge in [0.2, 0.25) is 17.8 Å². The summed E-state index contributed by atoms with van der Waals surface area (Å²) in [6, 6.07) is 22.6. The lowest BCUT2D eigenvalue weighted by Gasteiger charge is -2.18. The minimum atomic E-state index is -0.286. The van der Waals surface area contributed by atoms with Crippen LogP contribution in [0.4, 0.5) is 29.0 Å². The van der Waals surface area contributed by atoms with Crippen molar-refractivity contribution in [2.24, 2.45) is 0 Å². The Morgan fingerprint density at radius 2 is 1.89 bits per heavy atom. The molecule has 35 heavy (non-hydrogen) atoms. The summed E-state index contributed by atoms with van der Waals surface area (Å²) in [7, 11) is 1.82. The molecule has 1 aromatic heterocycles. The quantitative estimate of drug-likeness (QED) is 0.291. The van der Waals surface area contributed by atoms with Crippen LogP contribution in [0.3, 0.4) is 0 Å². The van der Waals surface area contributed by atoms with Gasteiger partial charge in [0.1, 0.15) is 18.7 Å². The largest absolute Gasteiger partial charge is 0.487 e. The normalized spacial score (nSPS) is 10.3. The standard InChI is InChI=1S/C26H23ClN6O2/c1-3-24(34)30-19-10-7-11-21(14-19)33(2)26-29-17-28-25(32-26)31-20-12-13-23(22(27)15-20)35-16-18-8-5-4-6-9-18/h3-15,17H,1,16H2,2H3,(H,30,34)(H,28,29,31,32). The summed E-state index contributed by atoms with van der Waals surface area (Å²) in [5, 5.41) is 6.35. The van der Waals surface area contributed by atoms with Gasteiger partial charge in [-0.2, -0.15) is 4.98 Å². The minimum absolute atomic E-state index is 0.286. The number of anilines is 5. The molecule has 0 saturated carbocycles. The maximum absolute atomic E-state index is 11.6. The summed E-state index contributed by atoms with van der Waals surface area (Å²) < 4.78 is 5.83. The molecular formula is C26H23ClN6O2. The van der Waals surface area contributed by atoms with Crippen molar-refractivity contribution >= 4 is 46.5 Å². The van der Waals surface area contributed by atoms with E-state index in [1.54, 1.807) is 23.1 Å². The number of aromatic nitrogens is 3. The Kier molecular flexibility index (Phi) is 7.54. The van der Waals surface area contributed by atoms with Crippen molar-refractivity contribution in [2.75, 3.05) is 22.6 Å². The summed E-state index contributed by atoms with van der Waals surface area (Å²) in [5.74, 6) is 1.07. The first-order valence-corrected chi connectivity index (χ1v) is 11.1. The molecule has 0 saturated heterocycles. The third-order valence-corrected chi connectivity index (χ3v) is 5.27. The number of benzene rings is 3. The number of amides is 1. The van der Waals surface area contributed by atoms with Crippen LogP contribution >= 0.6 is 11.6 Å². The lowest BCUT2D eigenvalue weighted by atomic mass is 10.2. The molecule has 1 heterocycles. The first-order valence-electron chi connectivity index (χ1n) is 10.7. The summed E-state index contributed by atoms with van der Waals surface area (Å²) in [4.78, 5) is 26.3. The Morgan fingerprint density at radius 3 is 2.66 bits per heavy atom. The monoisotopic (exact) mass is 486 g/mol. The van der Waals surface area contributed by atoms with Crippen LogP contribution < -0.4 is 20.3 Å². The van der Waals surface area contributed by atoms with E-state index < -0.39 is 0 Å². The van der Waals surface area contributed by atoms with Gasteiger partial charge in [-0.15, -0.1) is 0 Å². The van der Waals surface area contributed by atoms with Crippen molar-refractivity contribution in [1.82, 2.24) is 15.0 Å². The second-order valence-electron chi connectivity index (χ2n) is 7.46. The summed E-state index contributed by atoms with van der Waals surface area (Å²) in [6.45, 7) is 3.89. The molecule has 0 unspecified atom stereocenters. The molecule has 0 radical (unpaired) electrons. The van der Waals surface area contributed by atoms with Gasteiger partial charge in [0.25, 0.3) is 0 Å². The molecule has 0 aliphatic carbocycles. The van der Waals surface area contributed by atoms with Gasteiger partial charge >= 0.3 is 0 Å². The van der Waals surface area contributed by atoms with Crippen molar-refractivity contribution in [3.8, 4) is 5.75 Å². The smallest absolute Gasteiger partial charge is 0.247 e. The van der Waals surface area contributed by atoms with Gasteiger partial charge in [-0.05, 0) is 48.0 Å². The molecule has 3 aromatic carbocycles. The highest BCUT2D eigenvalue weighted by Crippen LogP contribution is 2.30. The van der Waals surface area contributed by atoms with Crippen LogP contribution in [0.15, 0.2) is 91.8 Å². The number of halogens is 1. The second-order valence-corrected chi connectivity index (χ2v) is 7.86. The topological polar surface area (TPSA) is 92.3 Å². The van der Waals surface area contributed by atoms with E-state index in [1.165, 1.54) is 12.4 Å². The third-order valence-electron chi connectivity index (χ3n) is 4.97. The molecular weight excluding hydrogens is 464 g/mol. The average molecular weight is 487 g/mol. The van der Waals surface area contributed by atoms with Crippen LogP contribution in [0.1, 0.15) is 5.56 Å². The van der Waals surface area contributed by atoms with Crippen LogP contribution in [0.2, 0.25) is 5.02 Å². The van der Waals surface area contributed by atoms with Gasteiger partial charge in [0, 0.05) is 24.1 Å².